The van der Waals surface area contributed by atoms with E-state index < -0.39 is 59.5 Å². The van der Waals surface area contributed by atoms with Crippen molar-refractivity contribution in [2.45, 2.75) is 89.2 Å². The number of anilines is 1. The number of nitrogens with zero attached hydrogens (tertiary/aromatic N) is 1. The summed E-state index contributed by atoms with van der Waals surface area (Å²) >= 11 is 6.44. The van der Waals surface area contributed by atoms with Crippen LogP contribution in [0.2, 0.25) is 5.02 Å². The quantitative estimate of drug-likeness (QED) is 0.252. The van der Waals surface area contributed by atoms with Crippen LogP contribution >= 0.6 is 11.6 Å². The summed E-state index contributed by atoms with van der Waals surface area (Å²) in [6, 6.07) is 13.8. The Hall–Kier alpha value is -3.48. The van der Waals surface area contributed by atoms with E-state index in [-0.39, 0.29) is 24.2 Å². The van der Waals surface area contributed by atoms with Gasteiger partial charge in [-0.3, -0.25) is 29.6 Å². The fraction of sp³-hybridized carbons (Fsp3) is 0.528. The first kappa shape index (κ1) is 34.4. The molecule has 1 unspecified atom stereocenters. The second-order valence-electron chi connectivity index (χ2n) is 13.8. The predicted octanol–water partition coefficient (Wildman–Crippen LogP) is 3.75. The van der Waals surface area contributed by atoms with Gasteiger partial charge >= 0.3 is 11.9 Å². The minimum atomic E-state index is -1.66. The van der Waals surface area contributed by atoms with Gasteiger partial charge in [-0.05, 0) is 48.8 Å². The number of halogens is 1. The van der Waals surface area contributed by atoms with E-state index in [1.165, 1.54) is 12.0 Å². The number of ether oxygens (including phenoxy) is 2. The minimum Gasteiger partial charge on any atom is -0.454 e. The maximum absolute atomic E-state index is 14.0. The van der Waals surface area contributed by atoms with Gasteiger partial charge in [0, 0.05) is 44.3 Å². The van der Waals surface area contributed by atoms with Gasteiger partial charge in [-0.2, -0.15) is 0 Å². The number of esters is 2. The number of amides is 1. The zero-order valence-corrected chi connectivity index (χ0v) is 28.6. The highest BCUT2D eigenvalue weighted by Crippen LogP contribution is 2.53. The van der Waals surface area contributed by atoms with E-state index in [0.29, 0.717) is 41.2 Å². The van der Waals surface area contributed by atoms with Gasteiger partial charge in [0.15, 0.2) is 18.4 Å². The Balaban J connectivity index is 1.27. The number of benzene rings is 2. The van der Waals surface area contributed by atoms with Crippen LogP contribution in [0.5, 0.6) is 0 Å². The van der Waals surface area contributed by atoms with Gasteiger partial charge in [-0.15, -0.1) is 0 Å². The molecular weight excluding hydrogens is 638 g/mol. The summed E-state index contributed by atoms with van der Waals surface area (Å²) in [5.41, 5.74) is -0.658. The Labute approximate surface area is 285 Å². The molecule has 258 valence electrons. The normalized spacial score (nSPS) is 34.5. The van der Waals surface area contributed by atoms with E-state index in [0.717, 1.165) is 5.56 Å². The molecule has 2 fully saturated rings. The first-order chi connectivity index (χ1) is 22.7. The Bertz CT molecular complexity index is 1600. The maximum atomic E-state index is 14.0. The van der Waals surface area contributed by atoms with Crippen molar-refractivity contribution in [3.63, 3.8) is 0 Å². The predicted molar refractivity (Wildman–Crippen MR) is 177 cm³/mol. The summed E-state index contributed by atoms with van der Waals surface area (Å²) in [6.45, 7) is 7.17. The molecule has 11 nitrogen and oxygen atoms in total. The third-order valence-electron chi connectivity index (χ3n) is 10.9. The Morgan fingerprint density at radius 3 is 2.56 bits per heavy atom. The number of hydrogen-bond acceptors (Lipinski definition) is 10. The second-order valence-corrected chi connectivity index (χ2v) is 14.2. The summed E-state index contributed by atoms with van der Waals surface area (Å²) < 4.78 is 11.9. The van der Waals surface area contributed by atoms with E-state index in [2.05, 4.69) is 10.6 Å². The summed E-state index contributed by atoms with van der Waals surface area (Å²) in [7, 11) is 1.66. The van der Waals surface area contributed by atoms with Gasteiger partial charge in [0.2, 0.25) is 5.91 Å². The molecule has 2 aromatic carbocycles. The summed E-state index contributed by atoms with van der Waals surface area (Å²) in [5, 5.41) is 32.5. The number of aliphatic hydroxyl groups is 2. The lowest BCUT2D eigenvalue weighted by molar-refractivity contribution is -0.225. The highest BCUT2D eigenvalue weighted by Gasteiger charge is 2.62. The average molecular weight is 682 g/mol. The van der Waals surface area contributed by atoms with Crippen molar-refractivity contribution in [2.75, 3.05) is 12.1 Å². The fourth-order valence-corrected chi connectivity index (χ4v) is 8.52. The number of hydrogen-bond donors (Lipinski definition) is 4. The molecule has 0 aromatic heterocycles. The highest BCUT2D eigenvalue weighted by molar-refractivity contribution is 6.33. The monoisotopic (exact) mass is 681 g/mol. The topological polar surface area (TPSA) is 147 Å². The Kier molecular flexibility index (Phi) is 9.38. The van der Waals surface area contributed by atoms with E-state index >= 15 is 0 Å². The molecule has 48 heavy (non-hydrogen) atoms. The van der Waals surface area contributed by atoms with Crippen LogP contribution in [-0.2, 0) is 40.8 Å². The molecule has 1 amide bonds. The van der Waals surface area contributed by atoms with Crippen molar-refractivity contribution in [3.05, 3.63) is 76.3 Å². The van der Waals surface area contributed by atoms with Crippen LogP contribution in [0.25, 0.3) is 0 Å². The summed E-state index contributed by atoms with van der Waals surface area (Å²) in [6.07, 6.45) is -0.279. The van der Waals surface area contributed by atoms with Gasteiger partial charge in [-0.25, -0.2) is 0 Å². The van der Waals surface area contributed by atoms with Crippen LogP contribution in [0.15, 0.2) is 60.2 Å². The minimum absolute atomic E-state index is 0.0872. The Morgan fingerprint density at radius 1 is 1.12 bits per heavy atom. The largest absolute Gasteiger partial charge is 0.454 e. The molecule has 10 atom stereocenters. The number of hydroxylamine groups is 1. The molecule has 4 N–H and O–H groups in total. The zero-order chi connectivity index (χ0) is 34.5. The molecule has 2 aromatic rings. The van der Waals surface area contributed by atoms with Crippen molar-refractivity contribution < 1.29 is 38.9 Å². The van der Waals surface area contributed by atoms with Crippen LogP contribution in [0.4, 0.5) is 5.69 Å². The molecule has 6 rings (SSSR count). The van der Waals surface area contributed by atoms with Crippen LogP contribution in [0.3, 0.4) is 0 Å². The van der Waals surface area contributed by atoms with E-state index in [4.69, 9.17) is 25.9 Å². The van der Waals surface area contributed by atoms with Crippen molar-refractivity contribution in [2.24, 2.45) is 23.7 Å². The number of carbonyl (C=O) groups is 3. The van der Waals surface area contributed by atoms with Crippen LogP contribution in [0.1, 0.15) is 58.1 Å². The van der Waals surface area contributed by atoms with Gasteiger partial charge in [-0.1, -0.05) is 74.0 Å². The molecule has 4 aliphatic rings. The molecule has 0 spiro atoms. The fourth-order valence-electron chi connectivity index (χ4n) is 8.22. The number of fused-ring (bicyclic) bond motifs is 4. The SMILES string of the molecule is CC(=O)O[C@@H]1C(C)=C[C@@H]2[C@H](C(C)C(=O)NCc3ccccc3)CC[C@@H](C)[C@]2(O)[C@H]1OC(=O)[C@@H]1C[C@@]2(O)c3cccc(Cl)c3N(C)O[C@H]2N1. The van der Waals surface area contributed by atoms with Crippen molar-refractivity contribution in [3.8, 4) is 0 Å². The van der Waals surface area contributed by atoms with E-state index in [1.54, 1.807) is 32.2 Å². The maximum Gasteiger partial charge on any atom is 0.323 e. The van der Waals surface area contributed by atoms with Gasteiger partial charge in [0.05, 0.1) is 10.7 Å². The van der Waals surface area contributed by atoms with Crippen LogP contribution < -0.4 is 15.7 Å². The molecule has 1 saturated heterocycles. The standard InChI is InChI=1S/C36H44ClN3O8/c1-19-16-26-24(21(3)32(42)38-18-23-10-7-6-8-11-23)15-14-20(2)36(26,45)31(30(19)46-22(4)41)47-33(43)28-17-35(44)25-12-9-13-27(37)29(25)40(5)48-34(35)39-28/h6-13,16,20-21,24,26,28,30-31,34,39,44-45H,14-15,17-18H2,1-5H3,(H,38,42)/t20-,21?,24+,26-,28+,30-,31+,34-,35-,36-/m1/s1. The van der Waals surface area contributed by atoms with Crippen molar-refractivity contribution in [1.82, 2.24) is 10.6 Å². The molecule has 2 heterocycles. The highest BCUT2D eigenvalue weighted by atomic mass is 35.5. The lowest BCUT2D eigenvalue weighted by atomic mass is 9.55. The third kappa shape index (κ3) is 5.89. The molecule has 0 radical (unpaired) electrons. The molecule has 2 aliphatic heterocycles. The van der Waals surface area contributed by atoms with Gasteiger partial charge < -0.3 is 25.0 Å². The summed E-state index contributed by atoms with van der Waals surface area (Å²) in [5.74, 6) is -3.16. The summed E-state index contributed by atoms with van der Waals surface area (Å²) in [4.78, 5) is 45.8. The zero-order valence-electron chi connectivity index (χ0n) is 27.8. The van der Waals surface area contributed by atoms with Crippen molar-refractivity contribution >= 4 is 35.1 Å². The lowest BCUT2D eigenvalue weighted by Crippen LogP contribution is -2.66. The van der Waals surface area contributed by atoms with Gasteiger partial charge in [0.25, 0.3) is 0 Å². The van der Waals surface area contributed by atoms with Crippen LogP contribution in [-0.4, -0.2) is 65.2 Å². The first-order valence-corrected chi connectivity index (χ1v) is 16.9. The molecule has 1 saturated carbocycles. The smallest absolute Gasteiger partial charge is 0.323 e. The molecular formula is C36H44ClN3O8. The van der Waals surface area contributed by atoms with Crippen molar-refractivity contribution in [1.29, 1.82) is 0 Å². The Morgan fingerprint density at radius 2 is 1.85 bits per heavy atom. The second kappa shape index (κ2) is 13.1. The third-order valence-corrected chi connectivity index (χ3v) is 11.2. The average Bonchev–Trinajstić information content (AvgIpc) is 3.40. The number of carbonyl (C=O) groups excluding carboxylic acids is 3. The number of para-hydroxylation sites is 1. The molecule has 12 heteroatoms. The van der Waals surface area contributed by atoms with E-state index in [1.807, 2.05) is 50.3 Å². The molecule has 2 aliphatic carbocycles. The van der Waals surface area contributed by atoms with E-state index in [9.17, 15) is 24.6 Å². The first-order valence-electron chi connectivity index (χ1n) is 16.5. The van der Waals surface area contributed by atoms with Gasteiger partial charge in [0.1, 0.15) is 17.2 Å². The lowest BCUT2D eigenvalue weighted by Gasteiger charge is -2.55. The number of nitrogens with one attached hydrogen (secondary N) is 2. The molecule has 0 bridgehead atoms. The number of rotatable bonds is 7. The van der Waals surface area contributed by atoms with Crippen LogP contribution in [0, 0.1) is 23.7 Å².